The van der Waals surface area contributed by atoms with Crippen molar-refractivity contribution in [3.63, 3.8) is 0 Å². The lowest BCUT2D eigenvalue weighted by atomic mass is 10.1. The highest BCUT2D eigenvalue weighted by Gasteiger charge is 2.09. The number of aromatic nitrogens is 3. The molecule has 0 fully saturated rings. The molecule has 0 saturated heterocycles. The largest absolute Gasteiger partial charge is 0.393 e. The minimum absolute atomic E-state index is 0.430. The molecule has 5 heteroatoms. The molecule has 0 aliphatic heterocycles. The maximum absolute atomic E-state index is 5.60. The first-order valence-electron chi connectivity index (χ1n) is 6.88. The highest BCUT2D eigenvalue weighted by Crippen LogP contribution is 2.14. The Labute approximate surface area is 128 Å². The number of aryl methyl sites for hydroxylation is 2. The maximum atomic E-state index is 5.60. The van der Waals surface area contributed by atoms with E-state index < -0.39 is 0 Å². The smallest absolute Gasteiger partial charge is 0.164 e. The highest BCUT2D eigenvalue weighted by molar-refractivity contribution is 7.80. The van der Waals surface area contributed by atoms with E-state index in [0.29, 0.717) is 11.4 Å². The fourth-order valence-electron chi connectivity index (χ4n) is 2.41. The predicted octanol–water partition coefficient (Wildman–Crippen LogP) is 2.34. The summed E-state index contributed by atoms with van der Waals surface area (Å²) in [6.45, 7) is 0. The Morgan fingerprint density at radius 2 is 1.86 bits per heavy atom. The van der Waals surface area contributed by atoms with Crippen LogP contribution in [0.15, 0.2) is 48.7 Å². The molecule has 0 aliphatic carbocycles. The first-order valence-corrected chi connectivity index (χ1v) is 7.28. The van der Waals surface area contributed by atoms with Crippen LogP contribution in [0.2, 0.25) is 0 Å². The molecule has 106 valence electrons. The van der Waals surface area contributed by atoms with Gasteiger partial charge >= 0.3 is 0 Å². The van der Waals surface area contributed by atoms with Crippen LogP contribution in [0.4, 0.5) is 0 Å². The number of hydrogen-bond donors (Lipinski definition) is 1. The molecule has 2 aromatic heterocycles. The van der Waals surface area contributed by atoms with Gasteiger partial charge in [-0.05, 0) is 30.0 Å². The quantitative estimate of drug-likeness (QED) is 0.734. The van der Waals surface area contributed by atoms with Crippen LogP contribution >= 0.6 is 12.2 Å². The third-order valence-electron chi connectivity index (χ3n) is 3.44. The standard InChI is InChI=1S/C16H16N4S/c17-14(21)11-15-18-19-16-13(7-4-10-20(15)16)9-8-12-5-2-1-3-6-12/h1-7,10H,8-9,11H2,(H2,17,21). The first kappa shape index (κ1) is 13.7. The molecule has 0 amide bonds. The third kappa shape index (κ3) is 3.08. The lowest BCUT2D eigenvalue weighted by Crippen LogP contribution is -2.13. The van der Waals surface area contributed by atoms with Crippen LogP contribution in [0.1, 0.15) is 17.0 Å². The number of nitrogens with zero attached hydrogens (tertiary/aromatic N) is 3. The molecular weight excluding hydrogens is 280 g/mol. The number of rotatable bonds is 5. The molecular formula is C16H16N4S. The molecule has 0 radical (unpaired) electrons. The second-order valence-electron chi connectivity index (χ2n) is 4.97. The van der Waals surface area contributed by atoms with Crippen LogP contribution in [0.25, 0.3) is 5.65 Å². The zero-order valence-corrected chi connectivity index (χ0v) is 12.4. The van der Waals surface area contributed by atoms with Gasteiger partial charge in [0.2, 0.25) is 0 Å². The van der Waals surface area contributed by atoms with Crippen molar-refractivity contribution in [3.05, 3.63) is 65.6 Å². The molecule has 0 unspecified atom stereocenters. The summed E-state index contributed by atoms with van der Waals surface area (Å²) < 4.78 is 1.97. The van der Waals surface area contributed by atoms with Crippen LogP contribution in [0.3, 0.4) is 0 Å². The van der Waals surface area contributed by atoms with Crippen molar-refractivity contribution in [2.24, 2.45) is 5.73 Å². The van der Waals surface area contributed by atoms with Gasteiger partial charge in [-0.2, -0.15) is 0 Å². The molecule has 0 spiro atoms. The molecule has 0 atom stereocenters. The summed E-state index contributed by atoms with van der Waals surface area (Å²) in [7, 11) is 0. The molecule has 1 aromatic carbocycles. The zero-order chi connectivity index (χ0) is 14.7. The molecule has 4 nitrogen and oxygen atoms in total. The molecule has 0 bridgehead atoms. The zero-order valence-electron chi connectivity index (χ0n) is 11.6. The minimum atomic E-state index is 0.430. The molecule has 2 heterocycles. The fraction of sp³-hybridized carbons (Fsp3) is 0.188. The molecule has 0 saturated carbocycles. The summed E-state index contributed by atoms with van der Waals surface area (Å²) in [5.74, 6) is 0.791. The summed E-state index contributed by atoms with van der Waals surface area (Å²) in [4.78, 5) is 0.430. The first-order chi connectivity index (χ1) is 10.2. The van der Waals surface area contributed by atoms with Gasteiger partial charge in [0, 0.05) is 6.20 Å². The normalized spacial score (nSPS) is 10.9. The summed E-state index contributed by atoms with van der Waals surface area (Å²) in [6, 6.07) is 14.5. The number of hydrogen-bond acceptors (Lipinski definition) is 3. The van der Waals surface area contributed by atoms with Crippen molar-refractivity contribution in [2.75, 3.05) is 0 Å². The van der Waals surface area contributed by atoms with Crippen molar-refractivity contribution in [1.82, 2.24) is 14.6 Å². The second kappa shape index (κ2) is 6.01. The number of benzene rings is 1. The van der Waals surface area contributed by atoms with Crippen LogP contribution in [-0.4, -0.2) is 19.6 Å². The third-order valence-corrected chi connectivity index (χ3v) is 3.59. The molecule has 21 heavy (non-hydrogen) atoms. The van der Waals surface area contributed by atoms with E-state index in [2.05, 4.69) is 40.5 Å². The van der Waals surface area contributed by atoms with Gasteiger partial charge in [-0.15, -0.1) is 10.2 Å². The van der Waals surface area contributed by atoms with Gasteiger partial charge in [0.05, 0.1) is 11.4 Å². The number of nitrogens with two attached hydrogens (primary N) is 1. The fourth-order valence-corrected chi connectivity index (χ4v) is 2.54. The topological polar surface area (TPSA) is 56.2 Å². The average molecular weight is 296 g/mol. The average Bonchev–Trinajstić information content (AvgIpc) is 2.89. The Bertz CT molecular complexity index is 764. The molecule has 0 aliphatic rings. The van der Waals surface area contributed by atoms with E-state index in [0.717, 1.165) is 24.3 Å². The van der Waals surface area contributed by atoms with E-state index in [-0.39, 0.29) is 0 Å². The number of pyridine rings is 1. The Hall–Kier alpha value is -2.27. The Kier molecular flexibility index (Phi) is 3.92. The summed E-state index contributed by atoms with van der Waals surface area (Å²) in [5.41, 5.74) is 8.99. The minimum Gasteiger partial charge on any atom is -0.393 e. The summed E-state index contributed by atoms with van der Waals surface area (Å²) in [6.07, 6.45) is 4.34. The van der Waals surface area contributed by atoms with Crippen LogP contribution in [0, 0.1) is 0 Å². The van der Waals surface area contributed by atoms with E-state index in [1.807, 2.05) is 22.7 Å². The lowest BCUT2D eigenvalue weighted by Gasteiger charge is -2.04. The van der Waals surface area contributed by atoms with E-state index >= 15 is 0 Å². The van der Waals surface area contributed by atoms with E-state index in [1.165, 1.54) is 11.1 Å². The van der Waals surface area contributed by atoms with Crippen LogP contribution < -0.4 is 5.73 Å². The van der Waals surface area contributed by atoms with E-state index in [4.69, 9.17) is 18.0 Å². The summed E-state index contributed by atoms with van der Waals surface area (Å²) in [5, 5.41) is 8.48. The Morgan fingerprint density at radius 3 is 2.62 bits per heavy atom. The predicted molar refractivity (Wildman–Crippen MR) is 87.3 cm³/mol. The van der Waals surface area contributed by atoms with E-state index in [9.17, 15) is 0 Å². The number of fused-ring (bicyclic) bond motifs is 1. The van der Waals surface area contributed by atoms with Gasteiger partial charge in [-0.25, -0.2) is 0 Å². The van der Waals surface area contributed by atoms with Crippen molar-refractivity contribution in [3.8, 4) is 0 Å². The molecule has 3 rings (SSSR count). The maximum Gasteiger partial charge on any atom is 0.164 e. The van der Waals surface area contributed by atoms with Gasteiger partial charge in [-0.3, -0.25) is 4.40 Å². The van der Waals surface area contributed by atoms with Gasteiger partial charge < -0.3 is 5.73 Å². The lowest BCUT2D eigenvalue weighted by molar-refractivity contribution is 0.945. The summed E-state index contributed by atoms with van der Waals surface area (Å²) >= 11 is 4.95. The van der Waals surface area contributed by atoms with Gasteiger partial charge in [0.15, 0.2) is 5.65 Å². The SMILES string of the molecule is NC(=S)Cc1nnc2c(CCc3ccccc3)cccn12. The number of thiocarbonyl (C=S) groups is 1. The van der Waals surface area contributed by atoms with Crippen molar-refractivity contribution in [2.45, 2.75) is 19.3 Å². The van der Waals surface area contributed by atoms with Crippen molar-refractivity contribution < 1.29 is 0 Å². The molecule has 2 N–H and O–H groups in total. The van der Waals surface area contributed by atoms with Gasteiger partial charge in [0.1, 0.15) is 5.82 Å². The monoisotopic (exact) mass is 296 g/mol. The second-order valence-corrected chi connectivity index (χ2v) is 5.50. The molecule has 3 aromatic rings. The van der Waals surface area contributed by atoms with Gasteiger partial charge in [-0.1, -0.05) is 48.6 Å². The Balaban J connectivity index is 1.86. The van der Waals surface area contributed by atoms with E-state index in [1.54, 1.807) is 0 Å². The van der Waals surface area contributed by atoms with Crippen molar-refractivity contribution >= 4 is 22.9 Å². The Morgan fingerprint density at radius 1 is 1.05 bits per heavy atom. The highest BCUT2D eigenvalue weighted by atomic mass is 32.1. The van der Waals surface area contributed by atoms with Crippen LogP contribution in [-0.2, 0) is 19.3 Å². The van der Waals surface area contributed by atoms with Crippen molar-refractivity contribution in [1.29, 1.82) is 0 Å². The van der Waals surface area contributed by atoms with Gasteiger partial charge in [0.25, 0.3) is 0 Å². The van der Waals surface area contributed by atoms with Crippen LogP contribution in [0.5, 0.6) is 0 Å².